The third-order valence-corrected chi connectivity index (χ3v) is 3.89. The van der Waals surface area contributed by atoms with Crippen LogP contribution in [-0.2, 0) is 0 Å². The molecule has 0 radical (unpaired) electrons. The highest BCUT2D eigenvalue weighted by Crippen LogP contribution is 2.38. The number of nitrogens with two attached hydrogens (primary N) is 1. The van der Waals surface area contributed by atoms with Crippen molar-refractivity contribution in [1.29, 1.82) is 0 Å². The summed E-state index contributed by atoms with van der Waals surface area (Å²) in [7, 11) is 5.84. The van der Waals surface area contributed by atoms with Crippen molar-refractivity contribution in [3.8, 4) is 5.75 Å². The predicted molar refractivity (Wildman–Crippen MR) is 80.0 cm³/mol. The van der Waals surface area contributed by atoms with Crippen molar-refractivity contribution in [2.24, 2.45) is 11.1 Å². The van der Waals surface area contributed by atoms with Gasteiger partial charge in [-0.2, -0.15) is 0 Å². The second-order valence-electron chi connectivity index (χ2n) is 5.45. The largest absolute Gasteiger partial charge is 0.496 e. The average Bonchev–Trinajstić information content (AvgIpc) is 2.28. The molecule has 102 valence electrons. The van der Waals surface area contributed by atoms with Crippen molar-refractivity contribution in [3.63, 3.8) is 0 Å². The average molecular weight is 315 g/mol. The van der Waals surface area contributed by atoms with Crippen molar-refractivity contribution in [3.05, 3.63) is 28.2 Å². The van der Waals surface area contributed by atoms with Gasteiger partial charge in [0.15, 0.2) is 0 Å². The van der Waals surface area contributed by atoms with E-state index in [0.717, 1.165) is 10.2 Å². The topological polar surface area (TPSA) is 38.5 Å². The minimum Gasteiger partial charge on any atom is -0.496 e. The molecule has 0 heterocycles. The van der Waals surface area contributed by atoms with Gasteiger partial charge in [0.05, 0.1) is 11.6 Å². The monoisotopic (exact) mass is 314 g/mol. The van der Waals surface area contributed by atoms with E-state index < -0.39 is 0 Å². The fraction of sp³-hybridized carbons (Fsp3) is 0.571. The summed E-state index contributed by atoms with van der Waals surface area (Å²) < 4.78 is 6.24. The van der Waals surface area contributed by atoms with E-state index in [4.69, 9.17) is 10.5 Å². The molecule has 1 aromatic rings. The van der Waals surface area contributed by atoms with Crippen LogP contribution in [0.2, 0.25) is 0 Å². The van der Waals surface area contributed by atoms with E-state index in [0.29, 0.717) is 6.54 Å². The van der Waals surface area contributed by atoms with Gasteiger partial charge in [-0.1, -0.05) is 19.9 Å². The Bertz CT molecular complexity index is 405. The van der Waals surface area contributed by atoms with Crippen LogP contribution in [0.25, 0.3) is 0 Å². The Labute approximate surface area is 118 Å². The summed E-state index contributed by atoms with van der Waals surface area (Å²) in [4.78, 5) is 2.21. The Hall–Kier alpha value is -0.580. The minimum absolute atomic E-state index is 0.0114. The molecule has 1 atom stereocenters. The summed E-state index contributed by atoms with van der Waals surface area (Å²) in [6.07, 6.45) is 0. The van der Waals surface area contributed by atoms with Gasteiger partial charge in [-0.25, -0.2) is 0 Å². The first-order valence-corrected chi connectivity index (χ1v) is 6.82. The molecule has 0 fully saturated rings. The Morgan fingerprint density at radius 2 is 2.00 bits per heavy atom. The Morgan fingerprint density at radius 3 is 2.39 bits per heavy atom. The highest BCUT2D eigenvalue weighted by atomic mass is 79.9. The quantitative estimate of drug-likeness (QED) is 0.907. The van der Waals surface area contributed by atoms with Crippen molar-refractivity contribution in [2.75, 3.05) is 27.7 Å². The van der Waals surface area contributed by atoms with Crippen LogP contribution in [-0.4, -0.2) is 32.6 Å². The number of benzene rings is 1. The zero-order valence-corrected chi connectivity index (χ0v) is 13.4. The number of hydrogen-bond acceptors (Lipinski definition) is 3. The number of rotatable bonds is 5. The molecule has 18 heavy (non-hydrogen) atoms. The van der Waals surface area contributed by atoms with E-state index in [9.17, 15) is 0 Å². The molecule has 0 aliphatic heterocycles. The van der Waals surface area contributed by atoms with Crippen LogP contribution >= 0.6 is 15.9 Å². The maximum absolute atomic E-state index is 5.91. The SMILES string of the molecule is COc1ccc(C(N(C)C)C(C)(C)CN)cc1Br. The zero-order chi connectivity index (χ0) is 13.9. The number of halogens is 1. The van der Waals surface area contributed by atoms with Crippen LogP contribution in [0.1, 0.15) is 25.5 Å². The predicted octanol–water partition coefficient (Wildman–Crippen LogP) is 3.05. The lowest BCUT2D eigenvalue weighted by molar-refractivity contribution is 0.143. The van der Waals surface area contributed by atoms with Crippen molar-refractivity contribution >= 4 is 15.9 Å². The maximum Gasteiger partial charge on any atom is 0.133 e. The normalized spacial score (nSPS) is 13.8. The van der Waals surface area contributed by atoms with Gasteiger partial charge in [-0.05, 0) is 59.7 Å². The molecule has 1 aromatic carbocycles. The standard InChI is InChI=1S/C14H23BrN2O/c1-14(2,9-16)13(17(3)4)10-6-7-12(18-5)11(15)8-10/h6-8,13H,9,16H2,1-5H3. The number of nitrogens with zero attached hydrogens (tertiary/aromatic N) is 1. The fourth-order valence-electron chi connectivity index (χ4n) is 2.41. The van der Waals surface area contributed by atoms with E-state index in [1.165, 1.54) is 5.56 Å². The summed E-state index contributed by atoms with van der Waals surface area (Å²) in [5, 5.41) is 0. The Balaban J connectivity index is 3.19. The van der Waals surface area contributed by atoms with E-state index in [-0.39, 0.29) is 11.5 Å². The second-order valence-corrected chi connectivity index (χ2v) is 6.31. The Kier molecular flexibility index (Phi) is 5.20. The van der Waals surface area contributed by atoms with Gasteiger partial charge in [0.1, 0.15) is 5.75 Å². The third kappa shape index (κ3) is 3.25. The molecule has 0 aliphatic carbocycles. The molecule has 0 aromatic heterocycles. The van der Waals surface area contributed by atoms with Gasteiger partial charge in [-0.3, -0.25) is 0 Å². The summed E-state index contributed by atoms with van der Waals surface area (Å²) >= 11 is 3.54. The summed E-state index contributed by atoms with van der Waals surface area (Å²) in [6, 6.07) is 6.47. The van der Waals surface area contributed by atoms with Crippen LogP contribution in [0.5, 0.6) is 5.75 Å². The summed E-state index contributed by atoms with van der Waals surface area (Å²) in [5.74, 6) is 0.849. The van der Waals surface area contributed by atoms with Crippen molar-refractivity contribution in [1.82, 2.24) is 4.90 Å². The lowest BCUT2D eigenvalue weighted by atomic mass is 9.80. The van der Waals surface area contributed by atoms with Crippen LogP contribution in [0.4, 0.5) is 0 Å². The molecule has 1 unspecified atom stereocenters. The lowest BCUT2D eigenvalue weighted by Crippen LogP contribution is -2.38. The smallest absolute Gasteiger partial charge is 0.133 e. The molecular weight excluding hydrogens is 292 g/mol. The van der Waals surface area contributed by atoms with E-state index in [1.54, 1.807) is 7.11 Å². The van der Waals surface area contributed by atoms with E-state index in [1.807, 2.05) is 6.07 Å². The molecule has 0 aliphatic rings. The van der Waals surface area contributed by atoms with Gasteiger partial charge in [0.2, 0.25) is 0 Å². The third-order valence-electron chi connectivity index (χ3n) is 3.27. The number of hydrogen-bond donors (Lipinski definition) is 1. The molecule has 0 saturated heterocycles. The fourth-order valence-corrected chi connectivity index (χ4v) is 2.97. The van der Waals surface area contributed by atoms with E-state index in [2.05, 4.69) is 60.9 Å². The number of methoxy groups -OCH3 is 1. The highest BCUT2D eigenvalue weighted by molar-refractivity contribution is 9.10. The molecule has 0 amide bonds. The summed E-state index contributed by atoms with van der Waals surface area (Å²) in [6.45, 7) is 5.02. The van der Waals surface area contributed by atoms with Gasteiger partial charge in [-0.15, -0.1) is 0 Å². The molecule has 0 spiro atoms. The first-order valence-electron chi connectivity index (χ1n) is 6.03. The van der Waals surface area contributed by atoms with Crippen molar-refractivity contribution < 1.29 is 4.74 Å². The van der Waals surface area contributed by atoms with Gasteiger partial charge in [0.25, 0.3) is 0 Å². The number of ether oxygens (including phenoxy) is 1. The van der Waals surface area contributed by atoms with Crippen LogP contribution in [0, 0.1) is 5.41 Å². The van der Waals surface area contributed by atoms with Crippen LogP contribution in [0.15, 0.2) is 22.7 Å². The Morgan fingerprint density at radius 1 is 1.39 bits per heavy atom. The van der Waals surface area contributed by atoms with Gasteiger partial charge >= 0.3 is 0 Å². The molecular formula is C14H23BrN2O. The minimum atomic E-state index is 0.0114. The second kappa shape index (κ2) is 6.04. The maximum atomic E-state index is 5.91. The molecule has 0 saturated carbocycles. The molecule has 3 nitrogen and oxygen atoms in total. The van der Waals surface area contributed by atoms with Crippen LogP contribution < -0.4 is 10.5 Å². The van der Waals surface area contributed by atoms with Gasteiger partial charge in [0, 0.05) is 6.04 Å². The van der Waals surface area contributed by atoms with Crippen molar-refractivity contribution in [2.45, 2.75) is 19.9 Å². The molecule has 0 bridgehead atoms. The first kappa shape index (κ1) is 15.5. The molecule has 1 rings (SSSR count). The lowest BCUT2D eigenvalue weighted by Gasteiger charge is -2.38. The molecule has 2 N–H and O–H groups in total. The van der Waals surface area contributed by atoms with Gasteiger partial charge < -0.3 is 15.4 Å². The van der Waals surface area contributed by atoms with E-state index >= 15 is 0 Å². The molecule has 4 heteroatoms. The first-order chi connectivity index (χ1) is 8.33. The zero-order valence-electron chi connectivity index (χ0n) is 11.8. The summed E-state index contributed by atoms with van der Waals surface area (Å²) in [5.41, 5.74) is 7.16. The highest BCUT2D eigenvalue weighted by Gasteiger charge is 2.31. The van der Waals surface area contributed by atoms with Crippen LogP contribution in [0.3, 0.4) is 0 Å².